The molecule has 1 aromatic heterocycles. The van der Waals surface area contributed by atoms with Crippen molar-refractivity contribution < 1.29 is 9.59 Å². The highest BCUT2D eigenvalue weighted by molar-refractivity contribution is 6.42. The summed E-state index contributed by atoms with van der Waals surface area (Å²) in [6.07, 6.45) is 3.56. The second-order valence-corrected chi connectivity index (χ2v) is 10.2. The summed E-state index contributed by atoms with van der Waals surface area (Å²) in [5, 5.41) is 9.49. The van der Waals surface area contributed by atoms with Crippen LogP contribution in [0.2, 0.25) is 15.1 Å². The third-order valence-corrected chi connectivity index (χ3v) is 6.87. The van der Waals surface area contributed by atoms with Crippen molar-refractivity contribution in [3.8, 4) is 0 Å². The standard InChI is InChI=1S/C28H25Cl3N4O2/c1-17(2)26(33-27(36)19-8-10-21(29)11-9-19)28(37)34-32-14-20-16-35(25-6-4-3-5-22(20)25)15-18-7-12-23(30)24(31)13-18/h3-14,16-17,26H,15H2,1-2H3,(H,33,36)(H,34,37)/b32-14-. The Kier molecular flexibility index (Phi) is 8.54. The van der Waals surface area contributed by atoms with E-state index < -0.39 is 11.9 Å². The molecule has 0 radical (unpaired) electrons. The molecule has 0 saturated carbocycles. The van der Waals surface area contributed by atoms with Crippen LogP contribution < -0.4 is 10.7 Å². The zero-order chi connectivity index (χ0) is 26.5. The number of aromatic nitrogens is 1. The van der Waals surface area contributed by atoms with E-state index in [0.717, 1.165) is 22.0 Å². The van der Waals surface area contributed by atoms with Gasteiger partial charge < -0.3 is 9.88 Å². The molecule has 3 aromatic carbocycles. The molecule has 4 aromatic rings. The van der Waals surface area contributed by atoms with Crippen LogP contribution in [0.25, 0.3) is 10.9 Å². The number of nitrogens with zero attached hydrogens (tertiary/aromatic N) is 2. The summed E-state index contributed by atoms with van der Waals surface area (Å²) >= 11 is 18.1. The van der Waals surface area contributed by atoms with E-state index in [4.69, 9.17) is 34.8 Å². The van der Waals surface area contributed by atoms with Crippen molar-refractivity contribution in [3.05, 3.63) is 105 Å². The number of carbonyl (C=O) groups excluding carboxylic acids is 2. The quantitative estimate of drug-likeness (QED) is 0.191. The SMILES string of the molecule is CC(C)C(NC(=O)c1ccc(Cl)cc1)C(=O)N/N=C\c1cn(Cc2ccc(Cl)c(Cl)c2)c2ccccc12. The molecule has 0 aliphatic heterocycles. The fourth-order valence-electron chi connectivity index (χ4n) is 3.94. The summed E-state index contributed by atoms with van der Waals surface area (Å²) < 4.78 is 2.08. The molecular formula is C28H25Cl3N4O2. The first kappa shape index (κ1) is 26.7. The normalized spacial score (nSPS) is 12.3. The summed E-state index contributed by atoms with van der Waals surface area (Å²) in [6.45, 7) is 4.29. The van der Waals surface area contributed by atoms with Crippen LogP contribution in [0.15, 0.2) is 78.0 Å². The lowest BCUT2D eigenvalue weighted by Gasteiger charge is -2.20. The number of fused-ring (bicyclic) bond motifs is 1. The molecule has 1 heterocycles. The average Bonchev–Trinajstić information content (AvgIpc) is 3.22. The Labute approximate surface area is 230 Å². The van der Waals surface area contributed by atoms with Gasteiger partial charge >= 0.3 is 0 Å². The molecular weight excluding hydrogens is 531 g/mol. The van der Waals surface area contributed by atoms with Crippen molar-refractivity contribution in [2.75, 3.05) is 0 Å². The summed E-state index contributed by atoms with van der Waals surface area (Å²) in [4.78, 5) is 25.5. The molecule has 0 aliphatic rings. The summed E-state index contributed by atoms with van der Waals surface area (Å²) in [5.41, 5.74) is 5.84. The van der Waals surface area contributed by atoms with Crippen LogP contribution >= 0.6 is 34.8 Å². The van der Waals surface area contributed by atoms with E-state index in [1.165, 1.54) is 0 Å². The Morgan fingerprint density at radius 2 is 1.70 bits per heavy atom. The molecule has 0 aliphatic carbocycles. The van der Waals surface area contributed by atoms with Gasteiger partial charge in [-0.3, -0.25) is 9.59 Å². The number of hydrazone groups is 1. The minimum atomic E-state index is -0.767. The molecule has 1 unspecified atom stereocenters. The molecule has 190 valence electrons. The van der Waals surface area contributed by atoms with E-state index in [1.54, 1.807) is 36.5 Å². The number of rotatable bonds is 8. The van der Waals surface area contributed by atoms with Crippen LogP contribution in [-0.4, -0.2) is 28.6 Å². The van der Waals surface area contributed by atoms with Crippen LogP contribution in [-0.2, 0) is 11.3 Å². The molecule has 6 nitrogen and oxygen atoms in total. The minimum Gasteiger partial charge on any atom is -0.342 e. The fraction of sp³-hybridized carbons (Fsp3) is 0.179. The van der Waals surface area contributed by atoms with Gasteiger partial charge in [0.25, 0.3) is 11.8 Å². The van der Waals surface area contributed by atoms with Gasteiger partial charge in [0, 0.05) is 39.8 Å². The fourth-order valence-corrected chi connectivity index (χ4v) is 4.39. The van der Waals surface area contributed by atoms with E-state index in [-0.39, 0.29) is 11.8 Å². The van der Waals surface area contributed by atoms with Crippen LogP contribution in [0.3, 0.4) is 0 Å². The van der Waals surface area contributed by atoms with Crippen molar-refractivity contribution in [2.45, 2.75) is 26.4 Å². The second-order valence-electron chi connectivity index (χ2n) is 8.91. The zero-order valence-electron chi connectivity index (χ0n) is 20.2. The van der Waals surface area contributed by atoms with E-state index in [1.807, 2.05) is 56.4 Å². The third kappa shape index (κ3) is 6.52. The van der Waals surface area contributed by atoms with Gasteiger partial charge in [-0.25, -0.2) is 5.43 Å². The van der Waals surface area contributed by atoms with Crippen molar-refractivity contribution in [2.24, 2.45) is 11.0 Å². The van der Waals surface area contributed by atoms with Crippen LogP contribution in [0, 0.1) is 5.92 Å². The van der Waals surface area contributed by atoms with E-state index in [9.17, 15) is 9.59 Å². The predicted octanol–water partition coefficient (Wildman–Crippen LogP) is 6.55. The first-order valence-corrected chi connectivity index (χ1v) is 12.8. The Morgan fingerprint density at radius 3 is 2.41 bits per heavy atom. The predicted molar refractivity (Wildman–Crippen MR) is 151 cm³/mol. The van der Waals surface area contributed by atoms with Crippen LogP contribution in [0.5, 0.6) is 0 Å². The van der Waals surface area contributed by atoms with Gasteiger partial charge in [0.05, 0.1) is 16.3 Å². The zero-order valence-corrected chi connectivity index (χ0v) is 22.5. The summed E-state index contributed by atoms with van der Waals surface area (Å²) in [6, 6.07) is 19.2. The maximum absolute atomic E-state index is 12.9. The smallest absolute Gasteiger partial charge is 0.262 e. The number of nitrogens with one attached hydrogen (secondary N) is 2. The first-order chi connectivity index (χ1) is 17.7. The second kappa shape index (κ2) is 11.8. The van der Waals surface area contributed by atoms with Crippen molar-refractivity contribution >= 4 is 63.7 Å². The number of hydrogen-bond donors (Lipinski definition) is 2. The van der Waals surface area contributed by atoms with Gasteiger partial charge in [-0.05, 0) is 53.9 Å². The number of hydrogen-bond acceptors (Lipinski definition) is 3. The highest BCUT2D eigenvalue weighted by Gasteiger charge is 2.24. The Hall–Kier alpha value is -3.32. The minimum absolute atomic E-state index is 0.153. The van der Waals surface area contributed by atoms with Gasteiger partial charge in [-0.2, -0.15) is 5.10 Å². The monoisotopic (exact) mass is 554 g/mol. The maximum atomic E-state index is 12.9. The summed E-state index contributed by atoms with van der Waals surface area (Å²) in [7, 11) is 0. The molecule has 2 amide bonds. The maximum Gasteiger partial charge on any atom is 0.262 e. The Bertz CT molecular complexity index is 1460. The van der Waals surface area contributed by atoms with E-state index in [2.05, 4.69) is 20.4 Å². The van der Waals surface area contributed by atoms with Gasteiger partial charge in [0.2, 0.25) is 0 Å². The molecule has 0 saturated heterocycles. The van der Waals surface area contributed by atoms with Crippen LogP contribution in [0.4, 0.5) is 0 Å². The molecule has 4 rings (SSSR count). The lowest BCUT2D eigenvalue weighted by atomic mass is 10.0. The van der Waals surface area contributed by atoms with Crippen molar-refractivity contribution in [1.29, 1.82) is 0 Å². The molecule has 37 heavy (non-hydrogen) atoms. The molecule has 0 fully saturated rings. The largest absolute Gasteiger partial charge is 0.342 e. The number of halogens is 3. The summed E-state index contributed by atoms with van der Waals surface area (Å²) in [5.74, 6) is -0.924. The third-order valence-electron chi connectivity index (χ3n) is 5.88. The number of benzene rings is 3. The number of carbonyl (C=O) groups is 2. The van der Waals surface area contributed by atoms with E-state index in [0.29, 0.717) is 27.2 Å². The topological polar surface area (TPSA) is 75.5 Å². The van der Waals surface area contributed by atoms with Gasteiger partial charge in [0.1, 0.15) is 6.04 Å². The number of amides is 2. The number of para-hydroxylation sites is 1. The lowest BCUT2D eigenvalue weighted by Crippen LogP contribution is -2.48. The van der Waals surface area contributed by atoms with Gasteiger partial charge in [-0.1, -0.05) is 72.9 Å². The van der Waals surface area contributed by atoms with Gasteiger partial charge in [0.15, 0.2) is 0 Å². The highest BCUT2D eigenvalue weighted by Crippen LogP contribution is 2.25. The Morgan fingerprint density at radius 1 is 0.973 bits per heavy atom. The van der Waals surface area contributed by atoms with Crippen molar-refractivity contribution in [3.63, 3.8) is 0 Å². The Balaban J connectivity index is 1.48. The molecule has 9 heteroatoms. The van der Waals surface area contributed by atoms with Crippen LogP contribution in [0.1, 0.15) is 35.3 Å². The highest BCUT2D eigenvalue weighted by atomic mass is 35.5. The van der Waals surface area contributed by atoms with Gasteiger partial charge in [-0.15, -0.1) is 0 Å². The lowest BCUT2D eigenvalue weighted by molar-refractivity contribution is -0.123. The molecule has 0 bridgehead atoms. The molecule has 2 N–H and O–H groups in total. The van der Waals surface area contributed by atoms with E-state index >= 15 is 0 Å². The first-order valence-electron chi connectivity index (χ1n) is 11.6. The molecule has 0 spiro atoms. The average molecular weight is 556 g/mol. The molecule has 1 atom stereocenters. The van der Waals surface area contributed by atoms with Crippen molar-refractivity contribution in [1.82, 2.24) is 15.3 Å².